The normalized spacial score (nSPS) is 17.7. The number of hydrogen-bond acceptors (Lipinski definition) is 4. The summed E-state index contributed by atoms with van der Waals surface area (Å²) >= 11 is 5.84. The molecule has 1 saturated heterocycles. The Morgan fingerprint density at radius 2 is 2.20 bits per heavy atom. The van der Waals surface area contributed by atoms with Gasteiger partial charge in [-0.25, -0.2) is 9.97 Å². The van der Waals surface area contributed by atoms with Crippen LogP contribution in [0.15, 0.2) is 12.3 Å². The second-order valence-electron chi connectivity index (χ2n) is 3.77. The number of anilines is 1. The fourth-order valence-electron chi connectivity index (χ4n) is 1.85. The Morgan fingerprint density at radius 3 is 2.87 bits per heavy atom. The van der Waals surface area contributed by atoms with Gasteiger partial charge in [0, 0.05) is 19.3 Å². The molecule has 0 aromatic carbocycles. The second kappa shape index (κ2) is 4.77. The topological polar surface area (TPSA) is 41.1 Å². The highest BCUT2D eigenvalue weighted by molar-refractivity contribution is 6.29. The first-order valence-electron chi connectivity index (χ1n) is 5.19. The molecule has 0 spiro atoms. The van der Waals surface area contributed by atoms with Crippen molar-refractivity contribution in [3.8, 4) is 0 Å². The molecule has 2 rings (SSSR count). The van der Waals surface area contributed by atoms with E-state index >= 15 is 0 Å². The second-order valence-corrected chi connectivity index (χ2v) is 4.16. The molecule has 1 aliphatic heterocycles. The van der Waals surface area contributed by atoms with Gasteiger partial charge in [0.1, 0.15) is 5.15 Å². The van der Waals surface area contributed by atoms with E-state index in [-0.39, 0.29) is 0 Å². The Hall–Kier alpha value is -0.870. The first-order chi connectivity index (χ1) is 7.27. The molecule has 0 bridgehead atoms. The van der Waals surface area contributed by atoms with E-state index in [1.54, 1.807) is 12.3 Å². The highest BCUT2D eigenvalue weighted by atomic mass is 35.5. The quantitative estimate of drug-likeness (QED) is 0.773. The van der Waals surface area contributed by atoms with Gasteiger partial charge >= 0.3 is 0 Å². The maximum Gasteiger partial charge on any atom is 0.226 e. The molecule has 4 nitrogen and oxygen atoms in total. The van der Waals surface area contributed by atoms with Crippen molar-refractivity contribution in [2.24, 2.45) is 0 Å². The van der Waals surface area contributed by atoms with Crippen LogP contribution in [0.1, 0.15) is 12.8 Å². The summed E-state index contributed by atoms with van der Waals surface area (Å²) in [4.78, 5) is 10.6. The SMILES string of the molecule is CN(c1nccc(Cl)n1)C1CCNCC1. The first kappa shape index (κ1) is 10.6. The molecular formula is C10H15ClN4. The number of nitrogens with zero attached hydrogens (tertiary/aromatic N) is 3. The lowest BCUT2D eigenvalue weighted by atomic mass is 10.1. The summed E-state index contributed by atoms with van der Waals surface area (Å²) in [5.41, 5.74) is 0. The average molecular weight is 227 g/mol. The van der Waals surface area contributed by atoms with Crippen molar-refractivity contribution >= 4 is 17.5 Å². The van der Waals surface area contributed by atoms with Gasteiger partial charge in [-0.3, -0.25) is 0 Å². The predicted molar refractivity (Wildman–Crippen MR) is 61.3 cm³/mol. The Bertz CT molecular complexity index is 325. The van der Waals surface area contributed by atoms with Crippen molar-refractivity contribution in [2.45, 2.75) is 18.9 Å². The fourth-order valence-corrected chi connectivity index (χ4v) is 1.99. The molecular weight excluding hydrogens is 212 g/mol. The third-order valence-corrected chi connectivity index (χ3v) is 2.99. The summed E-state index contributed by atoms with van der Waals surface area (Å²) in [5.74, 6) is 0.717. The number of nitrogens with one attached hydrogen (secondary N) is 1. The Labute approximate surface area is 94.7 Å². The van der Waals surface area contributed by atoms with Gasteiger partial charge < -0.3 is 10.2 Å². The summed E-state index contributed by atoms with van der Waals surface area (Å²) in [6.45, 7) is 2.13. The number of halogens is 1. The first-order valence-corrected chi connectivity index (χ1v) is 5.57. The number of rotatable bonds is 2. The van der Waals surface area contributed by atoms with Crippen LogP contribution in [-0.2, 0) is 0 Å². The Balaban J connectivity index is 2.08. The summed E-state index contributed by atoms with van der Waals surface area (Å²) in [7, 11) is 2.03. The molecule has 15 heavy (non-hydrogen) atoms. The molecule has 1 aromatic heterocycles. The highest BCUT2D eigenvalue weighted by Crippen LogP contribution is 2.16. The van der Waals surface area contributed by atoms with Crippen LogP contribution in [0.3, 0.4) is 0 Å². The van der Waals surface area contributed by atoms with Crippen LogP contribution in [0.4, 0.5) is 5.95 Å². The van der Waals surface area contributed by atoms with Crippen LogP contribution < -0.4 is 10.2 Å². The summed E-state index contributed by atoms with van der Waals surface area (Å²) in [6, 6.07) is 2.21. The van der Waals surface area contributed by atoms with E-state index in [0.29, 0.717) is 11.2 Å². The number of hydrogen-bond donors (Lipinski definition) is 1. The smallest absolute Gasteiger partial charge is 0.226 e. The molecule has 82 valence electrons. The standard InChI is InChI=1S/C10H15ClN4/c1-15(8-2-5-12-6-3-8)10-13-7-4-9(11)14-10/h4,7-8,12H,2-3,5-6H2,1H3. The molecule has 0 unspecified atom stereocenters. The minimum atomic E-state index is 0.501. The van der Waals surface area contributed by atoms with Crippen molar-refractivity contribution in [3.63, 3.8) is 0 Å². The highest BCUT2D eigenvalue weighted by Gasteiger charge is 2.19. The minimum absolute atomic E-state index is 0.501. The zero-order chi connectivity index (χ0) is 10.7. The summed E-state index contributed by atoms with van der Waals surface area (Å²) < 4.78 is 0. The summed E-state index contributed by atoms with van der Waals surface area (Å²) in [5, 5.41) is 3.84. The molecule has 0 radical (unpaired) electrons. The van der Waals surface area contributed by atoms with Gasteiger partial charge in [-0.05, 0) is 32.0 Å². The van der Waals surface area contributed by atoms with E-state index in [1.807, 2.05) is 7.05 Å². The third-order valence-electron chi connectivity index (χ3n) is 2.78. The van der Waals surface area contributed by atoms with Crippen LogP contribution >= 0.6 is 11.6 Å². The predicted octanol–water partition coefficient (Wildman–Crippen LogP) is 1.32. The summed E-state index contributed by atoms with van der Waals surface area (Å²) in [6.07, 6.45) is 3.96. The maximum atomic E-state index is 5.84. The van der Waals surface area contributed by atoms with E-state index in [0.717, 1.165) is 31.9 Å². The molecule has 0 atom stereocenters. The van der Waals surface area contributed by atoms with E-state index in [4.69, 9.17) is 11.6 Å². The molecule has 0 aliphatic carbocycles. The monoisotopic (exact) mass is 226 g/mol. The van der Waals surface area contributed by atoms with E-state index in [9.17, 15) is 0 Å². The van der Waals surface area contributed by atoms with Gasteiger partial charge in [-0.1, -0.05) is 11.6 Å². The van der Waals surface area contributed by atoms with Crippen molar-refractivity contribution in [1.29, 1.82) is 0 Å². The van der Waals surface area contributed by atoms with E-state index < -0.39 is 0 Å². The van der Waals surface area contributed by atoms with Crippen LogP contribution in [0.25, 0.3) is 0 Å². The number of piperidine rings is 1. The van der Waals surface area contributed by atoms with Gasteiger partial charge in [0.2, 0.25) is 5.95 Å². The van der Waals surface area contributed by atoms with Gasteiger partial charge in [-0.2, -0.15) is 0 Å². The molecule has 1 N–H and O–H groups in total. The van der Waals surface area contributed by atoms with E-state index in [1.165, 1.54) is 0 Å². The van der Waals surface area contributed by atoms with Gasteiger partial charge in [0.15, 0.2) is 0 Å². The lowest BCUT2D eigenvalue weighted by molar-refractivity contribution is 0.439. The average Bonchev–Trinajstić information content (AvgIpc) is 2.29. The maximum absolute atomic E-state index is 5.84. The fraction of sp³-hybridized carbons (Fsp3) is 0.600. The van der Waals surface area contributed by atoms with Crippen molar-refractivity contribution < 1.29 is 0 Å². The molecule has 0 amide bonds. The van der Waals surface area contributed by atoms with Gasteiger partial charge in [0.25, 0.3) is 0 Å². The third kappa shape index (κ3) is 2.58. The van der Waals surface area contributed by atoms with Crippen molar-refractivity contribution in [3.05, 3.63) is 17.4 Å². The van der Waals surface area contributed by atoms with Crippen LogP contribution in [-0.4, -0.2) is 36.1 Å². The zero-order valence-corrected chi connectivity index (χ0v) is 9.54. The Kier molecular flexibility index (Phi) is 3.38. The van der Waals surface area contributed by atoms with Gasteiger partial charge in [-0.15, -0.1) is 0 Å². The van der Waals surface area contributed by atoms with Crippen molar-refractivity contribution in [1.82, 2.24) is 15.3 Å². The van der Waals surface area contributed by atoms with Crippen LogP contribution in [0, 0.1) is 0 Å². The molecule has 5 heteroatoms. The largest absolute Gasteiger partial charge is 0.341 e. The zero-order valence-electron chi connectivity index (χ0n) is 8.78. The van der Waals surface area contributed by atoms with Gasteiger partial charge in [0.05, 0.1) is 0 Å². The Morgan fingerprint density at radius 1 is 1.47 bits per heavy atom. The lowest BCUT2D eigenvalue weighted by Gasteiger charge is -2.31. The molecule has 0 saturated carbocycles. The lowest BCUT2D eigenvalue weighted by Crippen LogP contribution is -2.41. The van der Waals surface area contributed by atoms with Crippen molar-refractivity contribution in [2.75, 3.05) is 25.0 Å². The molecule has 1 aliphatic rings. The van der Waals surface area contributed by atoms with Crippen LogP contribution in [0.2, 0.25) is 5.15 Å². The minimum Gasteiger partial charge on any atom is -0.341 e. The van der Waals surface area contributed by atoms with E-state index in [2.05, 4.69) is 20.2 Å². The van der Waals surface area contributed by atoms with Crippen LogP contribution in [0.5, 0.6) is 0 Å². The molecule has 2 heterocycles. The molecule has 1 aromatic rings. The molecule has 1 fully saturated rings. The number of aromatic nitrogens is 2.